The molecule has 1 rings (SSSR count). The molecule has 1 saturated heterocycles. The summed E-state index contributed by atoms with van der Waals surface area (Å²) in [6, 6.07) is 0. The van der Waals surface area contributed by atoms with E-state index >= 15 is 0 Å². The summed E-state index contributed by atoms with van der Waals surface area (Å²) >= 11 is 0. The second-order valence-corrected chi connectivity index (χ2v) is 8.06. The Morgan fingerprint density at radius 1 is 0.370 bits per heavy atom. The van der Waals surface area contributed by atoms with E-state index in [1.54, 1.807) is 0 Å². The fourth-order valence-corrected chi connectivity index (χ4v) is 2.18. The molecule has 4 nitrogen and oxygen atoms in total. The summed E-state index contributed by atoms with van der Waals surface area (Å²) in [5.74, 6) is -48.8. The summed E-state index contributed by atoms with van der Waals surface area (Å²) in [5, 5.41) is 0. The number of ether oxygens (including phenoxy) is 4. The van der Waals surface area contributed by atoms with Gasteiger partial charge in [0.25, 0.3) is 6.29 Å². The van der Waals surface area contributed by atoms with Crippen molar-refractivity contribution < 1.29 is 142 Å². The Kier molecular flexibility index (Phi) is 10.0. The van der Waals surface area contributed by atoms with Crippen LogP contribution in [0, 0.1) is 6.29 Å². The van der Waals surface area contributed by atoms with Crippen LogP contribution >= 0.6 is 0 Å². The molecule has 0 aromatic carbocycles. The number of epoxide rings is 1. The molecule has 1 radical (unpaired) electrons. The van der Waals surface area contributed by atoms with Crippen LogP contribution in [0.5, 0.6) is 0 Å². The molecule has 0 aliphatic carbocycles. The molecule has 0 spiro atoms. The summed E-state index contributed by atoms with van der Waals surface area (Å²) < 4.78 is 358. The number of rotatable bonds is 13. The van der Waals surface area contributed by atoms with Gasteiger partial charge in [0.2, 0.25) is 0 Å². The summed E-state index contributed by atoms with van der Waals surface area (Å²) in [5.41, 5.74) is 0. The topological polar surface area (TPSA) is 40.2 Å². The van der Waals surface area contributed by atoms with E-state index in [1.807, 2.05) is 9.47 Å². The number of hydrogen-bond donors (Lipinski definition) is 0. The third-order valence-corrected chi connectivity index (χ3v) is 4.75. The van der Waals surface area contributed by atoms with Crippen LogP contribution in [-0.2, 0) is 18.9 Å². The van der Waals surface area contributed by atoms with Crippen LogP contribution in [0.2, 0.25) is 0 Å². The second-order valence-electron chi connectivity index (χ2n) is 8.06. The lowest BCUT2D eigenvalue weighted by Gasteiger charge is -2.36. The molecule has 1 aliphatic rings. The molecule has 46 heavy (non-hydrogen) atoms. The highest BCUT2D eigenvalue weighted by Gasteiger charge is 2.87. The number of alkyl halides is 27. The average Bonchev–Trinajstić information content (AvgIpc) is 3.53. The predicted molar refractivity (Wildman–Crippen MR) is 81.2 cm³/mol. The van der Waals surface area contributed by atoms with Crippen molar-refractivity contribution in [3.05, 3.63) is 6.29 Å². The molecule has 2 unspecified atom stereocenters. The molecular weight excluding hydrogens is 757 g/mol. The minimum atomic E-state index is -8.28. The molecule has 0 saturated carbocycles. The Hall–Kier alpha value is -2.05. The third kappa shape index (κ3) is 6.51. The zero-order valence-corrected chi connectivity index (χ0v) is 19.5. The number of hydrogen-bond acceptors (Lipinski definition) is 4. The van der Waals surface area contributed by atoms with Gasteiger partial charge >= 0.3 is 76.7 Å². The van der Waals surface area contributed by atoms with Gasteiger partial charge in [0.1, 0.15) is 0 Å². The highest BCUT2D eigenvalue weighted by Crippen LogP contribution is 2.59. The predicted octanol–water partition coefficient (Wildman–Crippen LogP) is 8.87. The molecule has 0 N–H and O–H groups in total. The molecule has 0 bridgehead atoms. The normalized spacial score (nSPS) is 20.9. The largest absolute Gasteiger partial charge is 1.00 e. The van der Waals surface area contributed by atoms with Gasteiger partial charge in [-0.05, 0) is 0 Å². The molecule has 0 aromatic heterocycles. The van der Waals surface area contributed by atoms with Crippen LogP contribution in [0.15, 0.2) is 0 Å². The Labute approximate surface area is 234 Å². The summed E-state index contributed by atoms with van der Waals surface area (Å²) in [7, 11) is 0. The van der Waals surface area contributed by atoms with Crippen molar-refractivity contribution >= 4 is 0 Å². The van der Waals surface area contributed by atoms with E-state index in [2.05, 4.69) is 9.47 Å². The standard InChI is InChI=1S/C15H2F27O4/c16-4(17,10(28,29)30)7(22,23)13(37,38)44-2-1(43-2)3(45-14(39,40)8(24,25)5(18,19)11(31,32)33)46-15(41,42)9(26,27)6(20,21)12(34,35)36/h1-2H/p+3. The van der Waals surface area contributed by atoms with Crippen LogP contribution in [0.25, 0.3) is 0 Å². The SMILES string of the molecule is FC(F)(F)C(F)(F)C(F)(F)C(F)(F)O[C](OC(F)(F)C(F)(F)C(F)(F)C(F)(F)F)C1OC1OC(F)(F)C(F)(F)C(F)(F)C(F)(F)F.[H+].[H+].[H+]. The molecule has 2 atom stereocenters. The van der Waals surface area contributed by atoms with Crippen LogP contribution in [0.4, 0.5) is 119 Å². The lowest BCUT2D eigenvalue weighted by molar-refractivity contribution is -0.476. The quantitative estimate of drug-likeness (QED) is 0.139. The number of halogens is 27. The average molecular weight is 762 g/mol. The molecule has 275 valence electrons. The van der Waals surface area contributed by atoms with Crippen molar-refractivity contribution in [2.24, 2.45) is 0 Å². The van der Waals surface area contributed by atoms with Gasteiger partial charge in [-0.15, -0.1) is 0 Å². The lowest BCUT2D eigenvalue weighted by Crippen LogP contribution is -2.64. The molecular formula is C15H5F27O4+3. The van der Waals surface area contributed by atoms with Gasteiger partial charge < -0.3 is 4.74 Å². The maximum absolute atomic E-state index is 13.7. The van der Waals surface area contributed by atoms with Gasteiger partial charge in [0.05, 0.1) is 0 Å². The second kappa shape index (κ2) is 11.0. The first-order valence-corrected chi connectivity index (χ1v) is 9.70. The van der Waals surface area contributed by atoms with Crippen molar-refractivity contribution in [1.82, 2.24) is 0 Å². The van der Waals surface area contributed by atoms with Crippen molar-refractivity contribution in [1.29, 1.82) is 0 Å². The maximum Gasteiger partial charge on any atom is 1.00 e. The smallest absolute Gasteiger partial charge is 0.335 e. The molecule has 1 aliphatic heterocycles. The first-order chi connectivity index (χ1) is 19.5. The van der Waals surface area contributed by atoms with E-state index in [9.17, 15) is 119 Å². The van der Waals surface area contributed by atoms with Gasteiger partial charge in [0.15, 0.2) is 12.4 Å². The van der Waals surface area contributed by atoms with Crippen molar-refractivity contribution in [3.63, 3.8) is 0 Å². The highest BCUT2D eigenvalue weighted by molar-refractivity contribution is 5.05. The van der Waals surface area contributed by atoms with E-state index < -0.39 is 91.1 Å². The van der Waals surface area contributed by atoms with Crippen LogP contribution in [-0.4, -0.2) is 84.8 Å². The summed E-state index contributed by atoms with van der Waals surface area (Å²) in [4.78, 5) is 0. The molecule has 0 aromatic rings. The summed E-state index contributed by atoms with van der Waals surface area (Å²) in [6.07, 6.45) is -60.0. The van der Waals surface area contributed by atoms with E-state index in [1.165, 1.54) is 0 Å². The Morgan fingerprint density at radius 2 is 0.609 bits per heavy atom. The van der Waals surface area contributed by atoms with Crippen molar-refractivity contribution in [2.75, 3.05) is 0 Å². The minimum absolute atomic E-state index is 0. The first-order valence-electron chi connectivity index (χ1n) is 9.70. The minimum Gasteiger partial charge on any atom is -0.335 e. The van der Waals surface area contributed by atoms with Crippen molar-refractivity contribution in [2.45, 2.75) is 84.8 Å². The molecule has 1 fully saturated rings. The van der Waals surface area contributed by atoms with E-state index in [4.69, 9.17) is 0 Å². The fourth-order valence-electron chi connectivity index (χ4n) is 2.18. The fraction of sp³-hybridized carbons (Fsp3) is 0.933. The van der Waals surface area contributed by atoms with Crippen LogP contribution in [0.3, 0.4) is 0 Å². The zero-order chi connectivity index (χ0) is 37.6. The van der Waals surface area contributed by atoms with E-state index in [0.717, 1.165) is 0 Å². The Bertz CT molecular complexity index is 1050. The summed E-state index contributed by atoms with van der Waals surface area (Å²) in [6.45, 7) is 0. The van der Waals surface area contributed by atoms with Gasteiger partial charge in [-0.1, -0.05) is 0 Å². The highest BCUT2D eigenvalue weighted by atomic mass is 19.4. The van der Waals surface area contributed by atoms with Gasteiger partial charge in [-0.3, -0.25) is 14.2 Å². The van der Waals surface area contributed by atoms with E-state index in [-0.39, 0.29) is 4.28 Å². The van der Waals surface area contributed by atoms with Gasteiger partial charge in [0, 0.05) is 0 Å². The van der Waals surface area contributed by atoms with Gasteiger partial charge in [-0.2, -0.15) is 119 Å². The monoisotopic (exact) mass is 762 g/mol. The Morgan fingerprint density at radius 3 is 0.848 bits per heavy atom. The Balaban J connectivity index is -0.00000705. The van der Waals surface area contributed by atoms with Crippen LogP contribution in [0.1, 0.15) is 4.28 Å². The van der Waals surface area contributed by atoms with Gasteiger partial charge in [-0.25, -0.2) is 0 Å². The lowest BCUT2D eigenvalue weighted by atomic mass is 10.1. The maximum atomic E-state index is 13.7. The molecule has 0 amide bonds. The first kappa shape index (κ1) is 42.0. The molecule has 1 heterocycles. The zero-order valence-electron chi connectivity index (χ0n) is 22.5. The van der Waals surface area contributed by atoms with Crippen molar-refractivity contribution in [3.8, 4) is 0 Å². The molecule has 31 heteroatoms. The van der Waals surface area contributed by atoms with E-state index in [0.29, 0.717) is 0 Å². The van der Waals surface area contributed by atoms with Crippen LogP contribution < -0.4 is 0 Å². The third-order valence-electron chi connectivity index (χ3n) is 4.75.